The summed E-state index contributed by atoms with van der Waals surface area (Å²) in [5.41, 5.74) is 2.02. The normalized spacial score (nSPS) is 19.5. The Labute approximate surface area is 237 Å². The molecule has 4 heterocycles. The van der Waals surface area contributed by atoms with E-state index in [2.05, 4.69) is 16.3 Å². The van der Waals surface area contributed by atoms with Crippen LogP contribution >= 0.6 is 11.3 Å². The van der Waals surface area contributed by atoms with Crippen LogP contribution in [0.3, 0.4) is 0 Å². The predicted molar refractivity (Wildman–Crippen MR) is 153 cm³/mol. The summed E-state index contributed by atoms with van der Waals surface area (Å²) in [5.74, 6) is 0.518. The number of amides is 1. The Morgan fingerprint density at radius 1 is 1.27 bits per heavy atom. The molecular weight excluding hydrogens is 530 g/mol. The van der Waals surface area contributed by atoms with Gasteiger partial charge in [0.05, 0.1) is 43.0 Å². The van der Waals surface area contributed by atoms with Crippen LogP contribution < -0.4 is 15.8 Å². The molecule has 2 atom stereocenters. The van der Waals surface area contributed by atoms with Gasteiger partial charge in [-0.3, -0.25) is 9.36 Å². The van der Waals surface area contributed by atoms with Crippen molar-refractivity contribution in [1.82, 2.24) is 14.9 Å². The van der Waals surface area contributed by atoms with Crippen molar-refractivity contribution in [3.63, 3.8) is 0 Å². The van der Waals surface area contributed by atoms with E-state index in [1.165, 1.54) is 11.3 Å². The first-order chi connectivity index (χ1) is 19.2. The molecule has 0 bridgehead atoms. The SMILES string of the molecule is CC(C)(C)OC(=O)N[C@@H]1CCCN(c2nc3c(CO[C@H]4CCOC4)csc3c(=O)n2Cc2ccccc2C#N)C1. The molecule has 11 heteroatoms. The van der Waals surface area contributed by atoms with Gasteiger partial charge in [-0.2, -0.15) is 5.26 Å². The van der Waals surface area contributed by atoms with Gasteiger partial charge in [-0.25, -0.2) is 9.78 Å². The predicted octanol–water partition coefficient (Wildman–Crippen LogP) is 4.18. The molecule has 2 fully saturated rings. The lowest BCUT2D eigenvalue weighted by Gasteiger charge is -2.35. The molecule has 2 aliphatic heterocycles. The lowest BCUT2D eigenvalue weighted by Crippen LogP contribution is -2.50. The zero-order valence-electron chi connectivity index (χ0n) is 23.1. The number of piperidine rings is 1. The van der Waals surface area contributed by atoms with E-state index >= 15 is 0 Å². The summed E-state index contributed by atoms with van der Waals surface area (Å²) < 4.78 is 19.2. The fourth-order valence-electron chi connectivity index (χ4n) is 5.06. The highest BCUT2D eigenvalue weighted by molar-refractivity contribution is 7.17. The van der Waals surface area contributed by atoms with Crippen LogP contribution in [0.15, 0.2) is 34.4 Å². The molecule has 2 aromatic heterocycles. The van der Waals surface area contributed by atoms with Crippen molar-refractivity contribution in [3.8, 4) is 6.07 Å². The number of anilines is 1. The number of carbonyl (C=O) groups excluding carboxylic acids is 1. The number of nitriles is 1. The number of nitrogens with zero attached hydrogens (tertiary/aromatic N) is 4. The first-order valence-electron chi connectivity index (χ1n) is 13.6. The van der Waals surface area contributed by atoms with Crippen molar-refractivity contribution in [3.05, 3.63) is 56.7 Å². The van der Waals surface area contributed by atoms with E-state index in [1.54, 1.807) is 10.6 Å². The van der Waals surface area contributed by atoms with Crippen LogP contribution in [0, 0.1) is 11.3 Å². The third-order valence-corrected chi connectivity index (χ3v) is 7.99. The van der Waals surface area contributed by atoms with Crippen LogP contribution in [-0.2, 0) is 27.4 Å². The first-order valence-corrected chi connectivity index (χ1v) is 14.5. The Balaban J connectivity index is 1.49. The molecule has 0 radical (unpaired) electrons. The maximum absolute atomic E-state index is 14.0. The number of alkyl carbamates (subject to hydrolysis) is 1. The van der Waals surface area contributed by atoms with Crippen molar-refractivity contribution in [2.75, 3.05) is 31.2 Å². The second kappa shape index (κ2) is 12.0. The summed E-state index contributed by atoms with van der Waals surface area (Å²) in [6, 6.07) is 9.35. The van der Waals surface area contributed by atoms with E-state index < -0.39 is 11.7 Å². The van der Waals surface area contributed by atoms with Crippen LogP contribution in [-0.4, -0.2) is 59.7 Å². The monoisotopic (exact) mass is 565 g/mol. The molecular formula is C29H35N5O5S. The minimum Gasteiger partial charge on any atom is -0.444 e. The average molecular weight is 566 g/mol. The molecule has 0 saturated carbocycles. The lowest BCUT2D eigenvalue weighted by atomic mass is 10.1. The van der Waals surface area contributed by atoms with Gasteiger partial charge >= 0.3 is 6.09 Å². The lowest BCUT2D eigenvalue weighted by molar-refractivity contribution is 0.0323. The Hall–Kier alpha value is -3.46. The van der Waals surface area contributed by atoms with Crippen LogP contribution in [0.4, 0.5) is 10.7 Å². The van der Waals surface area contributed by atoms with Gasteiger partial charge in [-0.05, 0) is 57.0 Å². The van der Waals surface area contributed by atoms with Gasteiger partial charge in [0.2, 0.25) is 5.95 Å². The Morgan fingerprint density at radius 3 is 2.85 bits per heavy atom. The molecule has 1 N–H and O–H groups in total. The number of hydrogen-bond donors (Lipinski definition) is 1. The molecule has 1 amide bonds. The molecule has 2 saturated heterocycles. The second-order valence-electron chi connectivity index (χ2n) is 11.2. The fraction of sp³-hybridized carbons (Fsp3) is 0.517. The number of aromatic nitrogens is 2. The summed E-state index contributed by atoms with van der Waals surface area (Å²) in [7, 11) is 0. The molecule has 0 spiro atoms. The highest BCUT2D eigenvalue weighted by atomic mass is 32.1. The van der Waals surface area contributed by atoms with Gasteiger partial charge in [-0.1, -0.05) is 18.2 Å². The maximum Gasteiger partial charge on any atom is 0.407 e. The Morgan fingerprint density at radius 2 is 2.10 bits per heavy atom. The molecule has 40 heavy (non-hydrogen) atoms. The second-order valence-corrected chi connectivity index (χ2v) is 12.1. The quantitative estimate of drug-likeness (QED) is 0.453. The zero-order chi connectivity index (χ0) is 28.3. The molecule has 10 nitrogen and oxygen atoms in total. The van der Waals surface area contributed by atoms with E-state index in [1.807, 2.05) is 44.4 Å². The number of carbonyl (C=O) groups is 1. The van der Waals surface area contributed by atoms with E-state index in [-0.39, 0.29) is 24.2 Å². The fourth-order valence-corrected chi connectivity index (χ4v) is 6.00. The maximum atomic E-state index is 14.0. The topological polar surface area (TPSA) is 119 Å². The van der Waals surface area contributed by atoms with Crippen molar-refractivity contribution >= 4 is 33.6 Å². The van der Waals surface area contributed by atoms with Crippen molar-refractivity contribution in [2.45, 2.75) is 70.9 Å². The smallest absolute Gasteiger partial charge is 0.407 e. The summed E-state index contributed by atoms with van der Waals surface area (Å²) >= 11 is 1.36. The third-order valence-electron chi connectivity index (χ3n) is 6.98. The summed E-state index contributed by atoms with van der Waals surface area (Å²) in [6.07, 6.45) is 2.03. The van der Waals surface area contributed by atoms with Crippen LogP contribution in [0.25, 0.3) is 10.2 Å². The standard InChI is InChI=1S/C29H35N5O5S/c1-29(2,3)39-28(36)31-22-9-6-11-33(15-22)27-32-24-21(16-38-23-10-12-37-17-23)18-40-25(24)26(35)34(27)14-20-8-5-4-7-19(20)13-30/h4-5,7-8,18,22-23H,6,9-12,14-17H2,1-3H3,(H,31,36)/t22-,23+/m1/s1. The summed E-state index contributed by atoms with van der Waals surface area (Å²) in [5, 5.41) is 14.6. The third kappa shape index (κ3) is 6.46. The highest BCUT2D eigenvalue weighted by Crippen LogP contribution is 2.28. The molecule has 2 aliphatic rings. The van der Waals surface area contributed by atoms with Crippen LogP contribution in [0.2, 0.25) is 0 Å². The van der Waals surface area contributed by atoms with Gasteiger partial charge in [0.25, 0.3) is 5.56 Å². The minimum absolute atomic E-state index is 0.0408. The minimum atomic E-state index is -0.596. The average Bonchev–Trinajstić information content (AvgIpc) is 3.58. The molecule has 0 unspecified atom stereocenters. The number of nitrogens with one attached hydrogen (secondary N) is 1. The number of fused-ring (bicyclic) bond motifs is 1. The number of hydrogen-bond acceptors (Lipinski definition) is 9. The van der Waals surface area contributed by atoms with Gasteiger partial charge in [0.1, 0.15) is 10.3 Å². The van der Waals surface area contributed by atoms with Gasteiger partial charge in [-0.15, -0.1) is 11.3 Å². The molecule has 5 rings (SSSR count). The Kier molecular flexibility index (Phi) is 8.40. The highest BCUT2D eigenvalue weighted by Gasteiger charge is 2.28. The van der Waals surface area contributed by atoms with Crippen LogP contribution in [0.5, 0.6) is 0 Å². The van der Waals surface area contributed by atoms with E-state index in [4.69, 9.17) is 19.2 Å². The van der Waals surface area contributed by atoms with E-state index in [0.717, 1.165) is 30.4 Å². The van der Waals surface area contributed by atoms with E-state index in [9.17, 15) is 14.9 Å². The molecule has 212 valence electrons. The van der Waals surface area contributed by atoms with Gasteiger partial charge in [0, 0.05) is 31.3 Å². The molecule has 0 aliphatic carbocycles. The number of benzene rings is 1. The molecule has 1 aromatic carbocycles. The number of rotatable bonds is 7. The summed E-state index contributed by atoms with van der Waals surface area (Å²) in [6.45, 7) is 8.49. The van der Waals surface area contributed by atoms with E-state index in [0.29, 0.717) is 54.6 Å². The van der Waals surface area contributed by atoms with Gasteiger partial charge < -0.3 is 24.4 Å². The van der Waals surface area contributed by atoms with Crippen molar-refractivity contribution in [1.29, 1.82) is 5.26 Å². The molecule has 3 aromatic rings. The zero-order valence-corrected chi connectivity index (χ0v) is 24.0. The Bertz CT molecular complexity index is 1460. The van der Waals surface area contributed by atoms with Crippen LogP contribution in [0.1, 0.15) is 56.7 Å². The number of thiophene rings is 1. The largest absolute Gasteiger partial charge is 0.444 e. The van der Waals surface area contributed by atoms with Crippen molar-refractivity contribution < 1.29 is 19.0 Å². The van der Waals surface area contributed by atoms with Crippen molar-refractivity contribution in [2.24, 2.45) is 0 Å². The summed E-state index contributed by atoms with van der Waals surface area (Å²) in [4.78, 5) is 33.6. The first kappa shape index (κ1) is 28.1. The number of ether oxygens (including phenoxy) is 3. The van der Waals surface area contributed by atoms with Gasteiger partial charge in [0.15, 0.2) is 0 Å².